The first-order valence-electron chi connectivity index (χ1n) is 9.08. The molecule has 3 aromatic rings. The molecule has 1 heterocycles. The summed E-state index contributed by atoms with van der Waals surface area (Å²) in [5, 5.41) is 2.81. The predicted molar refractivity (Wildman–Crippen MR) is 108 cm³/mol. The van der Waals surface area contributed by atoms with Crippen LogP contribution in [0.4, 0.5) is 5.69 Å². The van der Waals surface area contributed by atoms with E-state index < -0.39 is 12.1 Å². The topological polar surface area (TPSA) is 81.2 Å². The largest absolute Gasteiger partial charge is 0.449 e. The van der Waals surface area contributed by atoms with Crippen LogP contribution in [0.15, 0.2) is 36.4 Å². The minimum atomic E-state index is -0.936. The molecular formula is C22H23N3O3. The van der Waals surface area contributed by atoms with Crippen LogP contribution in [0.1, 0.15) is 39.8 Å². The lowest BCUT2D eigenvalue weighted by Gasteiger charge is -2.15. The van der Waals surface area contributed by atoms with E-state index >= 15 is 0 Å². The van der Waals surface area contributed by atoms with Crippen molar-refractivity contribution >= 4 is 28.6 Å². The van der Waals surface area contributed by atoms with Crippen molar-refractivity contribution in [2.45, 2.75) is 40.7 Å². The molecule has 0 fully saturated rings. The molecular weight excluding hydrogens is 354 g/mol. The van der Waals surface area contributed by atoms with Gasteiger partial charge in [-0.3, -0.25) is 4.79 Å². The third-order valence-corrected chi connectivity index (χ3v) is 4.62. The van der Waals surface area contributed by atoms with Crippen molar-refractivity contribution in [3.05, 3.63) is 64.5 Å². The molecule has 1 N–H and O–H groups in total. The van der Waals surface area contributed by atoms with Crippen LogP contribution in [0.3, 0.4) is 0 Å². The minimum absolute atomic E-state index is 0.330. The third-order valence-electron chi connectivity index (χ3n) is 4.62. The van der Waals surface area contributed by atoms with Gasteiger partial charge in [0, 0.05) is 5.69 Å². The summed E-state index contributed by atoms with van der Waals surface area (Å²) in [7, 11) is 0. The number of nitrogens with one attached hydrogen (secondary N) is 1. The zero-order chi connectivity index (χ0) is 20.4. The van der Waals surface area contributed by atoms with Gasteiger partial charge < -0.3 is 10.1 Å². The molecule has 144 valence electrons. The summed E-state index contributed by atoms with van der Waals surface area (Å²) in [6.45, 7) is 9.16. The van der Waals surface area contributed by atoms with Crippen molar-refractivity contribution in [2.75, 3.05) is 5.32 Å². The molecule has 0 radical (unpaired) electrons. The first-order valence-corrected chi connectivity index (χ1v) is 9.08. The van der Waals surface area contributed by atoms with Gasteiger partial charge in [0.1, 0.15) is 0 Å². The number of hydrogen-bond donors (Lipinski definition) is 1. The molecule has 0 saturated carbocycles. The Balaban J connectivity index is 1.72. The number of nitrogens with zero attached hydrogens (tertiary/aromatic N) is 2. The molecule has 0 bridgehead atoms. The lowest BCUT2D eigenvalue weighted by molar-refractivity contribution is -0.123. The first-order chi connectivity index (χ1) is 13.2. The molecule has 0 aliphatic heterocycles. The quantitative estimate of drug-likeness (QED) is 0.694. The Morgan fingerprint density at radius 2 is 1.61 bits per heavy atom. The number of aromatic nitrogens is 2. The fourth-order valence-electron chi connectivity index (χ4n) is 2.74. The normalized spacial score (nSPS) is 11.9. The molecule has 1 atom stereocenters. The molecule has 0 aliphatic carbocycles. The number of fused-ring (bicyclic) bond motifs is 1. The second-order valence-electron chi connectivity index (χ2n) is 6.95. The molecule has 3 rings (SSSR count). The van der Waals surface area contributed by atoms with E-state index in [1.54, 1.807) is 25.1 Å². The second kappa shape index (κ2) is 7.76. The molecule has 6 heteroatoms. The Hall–Kier alpha value is -3.28. The number of esters is 1. The van der Waals surface area contributed by atoms with Gasteiger partial charge in [-0.05, 0) is 70.0 Å². The van der Waals surface area contributed by atoms with E-state index in [1.165, 1.54) is 0 Å². The first kappa shape index (κ1) is 19.5. The lowest BCUT2D eigenvalue weighted by atomic mass is 10.1. The van der Waals surface area contributed by atoms with Gasteiger partial charge in [0.05, 0.1) is 28.0 Å². The van der Waals surface area contributed by atoms with E-state index in [1.807, 2.05) is 45.9 Å². The van der Waals surface area contributed by atoms with E-state index in [4.69, 9.17) is 4.74 Å². The van der Waals surface area contributed by atoms with Crippen LogP contribution < -0.4 is 5.32 Å². The average molecular weight is 377 g/mol. The second-order valence-corrected chi connectivity index (χ2v) is 6.95. The number of hydrogen-bond acceptors (Lipinski definition) is 5. The van der Waals surface area contributed by atoms with E-state index in [2.05, 4.69) is 15.3 Å². The van der Waals surface area contributed by atoms with Crippen LogP contribution in [0.5, 0.6) is 0 Å². The van der Waals surface area contributed by atoms with Crippen molar-refractivity contribution < 1.29 is 14.3 Å². The number of rotatable bonds is 4. The summed E-state index contributed by atoms with van der Waals surface area (Å²) in [6.07, 6.45) is -0.936. The van der Waals surface area contributed by atoms with Crippen molar-refractivity contribution in [1.82, 2.24) is 9.97 Å². The molecule has 1 aromatic heterocycles. The molecule has 1 amide bonds. The SMILES string of the molecule is Cc1ccc(C)c(NC(=O)[C@H](C)OC(=O)c2ccc3nc(C)c(C)nc3c2)c1. The van der Waals surface area contributed by atoms with Crippen LogP contribution in [0.25, 0.3) is 11.0 Å². The molecule has 0 spiro atoms. The van der Waals surface area contributed by atoms with Gasteiger partial charge in [-0.1, -0.05) is 12.1 Å². The minimum Gasteiger partial charge on any atom is -0.449 e. The predicted octanol–water partition coefficient (Wildman–Crippen LogP) is 4.05. The highest BCUT2D eigenvalue weighted by molar-refractivity contribution is 5.98. The van der Waals surface area contributed by atoms with E-state index in [9.17, 15) is 9.59 Å². The number of anilines is 1. The molecule has 2 aromatic carbocycles. The van der Waals surface area contributed by atoms with Crippen LogP contribution in [-0.4, -0.2) is 27.9 Å². The number of benzene rings is 2. The maximum Gasteiger partial charge on any atom is 0.338 e. The highest BCUT2D eigenvalue weighted by atomic mass is 16.5. The summed E-state index contributed by atoms with van der Waals surface area (Å²) in [6, 6.07) is 10.8. The zero-order valence-electron chi connectivity index (χ0n) is 16.7. The van der Waals surface area contributed by atoms with Gasteiger partial charge in [-0.15, -0.1) is 0 Å². The Morgan fingerprint density at radius 1 is 0.929 bits per heavy atom. The molecule has 28 heavy (non-hydrogen) atoms. The fraction of sp³-hybridized carbons (Fsp3) is 0.273. The van der Waals surface area contributed by atoms with Gasteiger partial charge in [-0.2, -0.15) is 0 Å². The average Bonchev–Trinajstić information content (AvgIpc) is 2.65. The van der Waals surface area contributed by atoms with Crippen molar-refractivity contribution in [3.63, 3.8) is 0 Å². The van der Waals surface area contributed by atoms with Crippen LogP contribution in [-0.2, 0) is 9.53 Å². The molecule has 0 unspecified atom stereocenters. The van der Waals surface area contributed by atoms with Crippen molar-refractivity contribution in [2.24, 2.45) is 0 Å². The standard InChI is InChI=1S/C22H23N3O3/c1-12-6-7-13(2)19(10-12)25-21(26)16(5)28-22(27)17-8-9-18-20(11-17)24-15(4)14(3)23-18/h6-11,16H,1-5H3,(H,25,26)/t16-/m0/s1. The number of carbonyl (C=O) groups is 2. The fourth-order valence-corrected chi connectivity index (χ4v) is 2.74. The van der Waals surface area contributed by atoms with Crippen LogP contribution in [0, 0.1) is 27.7 Å². The third kappa shape index (κ3) is 4.17. The van der Waals surface area contributed by atoms with Crippen LogP contribution >= 0.6 is 0 Å². The van der Waals surface area contributed by atoms with Crippen LogP contribution in [0.2, 0.25) is 0 Å². The molecule has 0 saturated heterocycles. The summed E-state index contributed by atoms with van der Waals surface area (Å²) in [4.78, 5) is 33.8. The summed E-state index contributed by atoms with van der Waals surface area (Å²) >= 11 is 0. The van der Waals surface area contributed by atoms with Gasteiger partial charge in [0.25, 0.3) is 5.91 Å². The van der Waals surface area contributed by atoms with E-state index in [0.29, 0.717) is 22.3 Å². The van der Waals surface area contributed by atoms with E-state index in [-0.39, 0.29) is 5.91 Å². The smallest absolute Gasteiger partial charge is 0.338 e. The van der Waals surface area contributed by atoms with Crippen molar-refractivity contribution in [1.29, 1.82) is 0 Å². The molecule has 6 nitrogen and oxygen atoms in total. The Morgan fingerprint density at radius 3 is 2.32 bits per heavy atom. The highest BCUT2D eigenvalue weighted by Gasteiger charge is 2.20. The van der Waals surface area contributed by atoms with Gasteiger partial charge >= 0.3 is 5.97 Å². The highest BCUT2D eigenvalue weighted by Crippen LogP contribution is 2.18. The molecule has 0 aliphatic rings. The monoisotopic (exact) mass is 377 g/mol. The maximum atomic E-state index is 12.5. The summed E-state index contributed by atoms with van der Waals surface area (Å²) in [5.74, 6) is -0.959. The Kier molecular flexibility index (Phi) is 5.40. The number of carbonyl (C=O) groups excluding carboxylic acids is 2. The lowest BCUT2D eigenvalue weighted by Crippen LogP contribution is -2.30. The van der Waals surface area contributed by atoms with Gasteiger partial charge in [0.15, 0.2) is 6.10 Å². The van der Waals surface area contributed by atoms with Gasteiger partial charge in [0.2, 0.25) is 0 Å². The Bertz CT molecular complexity index is 1080. The summed E-state index contributed by atoms with van der Waals surface area (Å²) < 4.78 is 5.34. The summed E-state index contributed by atoms with van der Waals surface area (Å²) in [5.41, 5.74) is 5.99. The Labute approximate surface area is 164 Å². The van der Waals surface area contributed by atoms with E-state index in [0.717, 1.165) is 22.5 Å². The van der Waals surface area contributed by atoms with Gasteiger partial charge in [-0.25, -0.2) is 14.8 Å². The van der Waals surface area contributed by atoms with Crippen molar-refractivity contribution in [3.8, 4) is 0 Å². The maximum absolute atomic E-state index is 12.5. The number of aryl methyl sites for hydroxylation is 4. The number of amides is 1. The zero-order valence-corrected chi connectivity index (χ0v) is 16.7. The number of ether oxygens (including phenoxy) is 1.